The Bertz CT molecular complexity index is 599. The number of hydrogen-bond donors (Lipinski definition) is 1. The maximum atomic E-state index is 6.16. The molecule has 1 unspecified atom stereocenters. The lowest BCUT2D eigenvalue weighted by Crippen LogP contribution is -2.39. The van der Waals surface area contributed by atoms with E-state index >= 15 is 0 Å². The molecule has 2 rings (SSSR count). The molecule has 20 heavy (non-hydrogen) atoms. The third kappa shape index (κ3) is 2.62. The Labute approximate surface area is 118 Å². The maximum Gasteiger partial charge on any atom is 0.261 e. The van der Waals surface area contributed by atoms with Crippen LogP contribution in [0.5, 0.6) is 0 Å². The van der Waals surface area contributed by atoms with E-state index < -0.39 is 5.54 Å². The summed E-state index contributed by atoms with van der Waals surface area (Å²) in [7, 11) is 0. The highest BCUT2D eigenvalue weighted by atomic mass is 16.5. The number of rotatable bonds is 5. The Morgan fingerprint density at radius 3 is 2.50 bits per heavy atom. The molecule has 110 valence electrons. The van der Waals surface area contributed by atoms with Gasteiger partial charge in [-0.25, -0.2) is 0 Å². The largest absolute Gasteiger partial charge is 0.466 e. The number of aromatic nitrogens is 2. The van der Waals surface area contributed by atoms with Gasteiger partial charge in [0.05, 0.1) is 12.2 Å². The van der Waals surface area contributed by atoms with E-state index in [0.29, 0.717) is 24.9 Å². The van der Waals surface area contributed by atoms with Crippen molar-refractivity contribution in [3.05, 3.63) is 22.9 Å². The fraction of sp³-hybridized carbons (Fsp3) is 0.571. The van der Waals surface area contributed by atoms with E-state index in [9.17, 15) is 0 Å². The zero-order valence-corrected chi connectivity index (χ0v) is 12.6. The average Bonchev–Trinajstić information content (AvgIpc) is 2.94. The van der Waals surface area contributed by atoms with E-state index in [1.807, 2.05) is 34.6 Å². The SMILES string of the molecule is CCOCC(C)(N)c1noc(-c2c(C)oc(C)c2C)n1. The van der Waals surface area contributed by atoms with Gasteiger partial charge in [0.1, 0.15) is 17.1 Å². The van der Waals surface area contributed by atoms with Crippen LogP contribution in [0.3, 0.4) is 0 Å². The van der Waals surface area contributed by atoms with Crippen LogP contribution in [-0.2, 0) is 10.3 Å². The van der Waals surface area contributed by atoms with E-state index in [1.165, 1.54) is 0 Å². The van der Waals surface area contributed by atoms with E-state index in [4.69, 9.17) is 19.4 Å². The quantitative estimate of drug-likeness (QED) is 0.904. The molecule has 0 aliphatic heterocycles. The van der Waals surface area contributed by atoms with Crippen LogP contribution in [0.1, 0.15) is 36.8 Å². The Morgan fingerprint density at radius 1 is 1.25 bits per heavy atom. The Morgan fingerprint density at radius 2 is 1.95 bits per heavy atom. The normalized spacial score (nSPS) is 14.5. The molecule has 0 spiro atoms. The van der Waals surface area contributed by atoms with Crippen molar-refractivity contribution in [2.45, 2.75) is 40.2 Å². The van der Waals surface area contributed by atoms with E-state index in [-0.39, 0.29) is 0 Å². The van der Waals surface area contributed by atoms with Gasteiger partial charge in [-0.2, -0.15) is 4.98 Å². The van der Waals surface area contributed by atoms with E-state index in [1.54, 1.807) is 0 Å². The van der Waals surface area contributed by atoms with Gasteiger partial charge in [0.25, 0.3) is 5.89 Å². The lowest BCUT2D eigenvalue weighted by molar-refractivity contribution is 0.0962. The standard InChI is InChI=1S/C14H21N3O3/c1-6-18-7-14(5,15)13-16-12(20-17-13)11-8(2)9(3)19-10(11)4/h6-7,15H2,1-5H3. The minimum absolute atomic E-state index is 0.338. The predicted molar refractivity (Wildman–Crippen MR) is 74.2 cm³/mol. The molecule has 0 saturated heterocycles. The molecule has 0 saturated carbocycles. The van der Waals surface area contributed by atoms with Crippen molar-refractivity contribution in [2.24, 2.45) is 5.73 Å². The molecule has 6 heteroatoms. The van der Waals surface area contributed by atoms with Gasteiger partial charge >= 0.3 is 0 Å². The Hall–Kier alpha value is -1.66. The molecule has 0 aliphatic rings. The van der Waals surface area contributed by atoms with Crippen molar-refractivity contribution in [1.29, 1.82) is 0 Å². The van der Waals surface area contributed by atoms with Crippen molar-refractivity contribution < 1.29 is 13.7 Å². The zero-order chi connectivity index (χ0) is 14.9. The lowest BCUT2D eigenvalue weighted by Gasteiger charge is -2.19. The van der Waals surface area contributed by atoms with Gasteiger partial charge in [-0.3, -0.25) is 0 Å². The van der Waals surface area contributed by atoms with Crippen LogP contribution in [0.15, 0.2) is 8.94 Å². The molecule has 0 fully saturated rings. The summed E-state index contributed by atoms with van der Waals surface area (Å²) in [4.78, 5) is 4.40. The van der Waals surface area contributed by atoms with Crippen molar-refractivity contribution in [3.63, 3.8) is 0 Å². The summed E-state index contributed by atoms with van der Waals surface area (Å²) in [5.41, 5.74) is 7.23. The van der Waals surface area contributed by atoms with Crippen LogP contribution in [0.25, 0.3) is 11.5 Å². The van der Waals surface area contributed by atoms with Gasteiger partial charge in [0, 0.05) is 12.2 Å². The fourth-order valence-corrected chi connectivity index (χ4v) is 2.04. The summed E-state index contributed by atoms with van der Waals surface area (Å²) in [5.74, 6) is 2.47. The number of nitrogens with zero attached hydrogens (tertiary/aromatic N) is 2. The van der Waals surface area contributed by atoms with Crippen molar-refractivity contribution >= 4 is 0 Å². The fourth-order valence-electron chi connectivity index (χ4n) is 2.04. The molecule has 6 nitrogen and oxygen atoms in total. The van der Waals surface area contributed by atoms with Gasteiger partial charge in [-0.15, -0.1) is 0 Å². The summed E-state index contributed by atoms with van der Waals surface area (Å²) in [6, 6.07) is 0. The molecule has 2 N–H and O–H groups in total. The van der Waals surface area contributed by atoms with Crippen molar-refractivity contribution in [3.8, 4) is 11.5 Å². The molecule has 0 aromatic carbocycles. The minimum Gasteiger partial charge on any atom is -0.466 e. The molecular weight excluding hydrogens is 258 g/mol. The second kappa shape index (κ2) is 5.38. The molecule has 2 aromatic rings. The van der Waals surface area contributed by atoms with Crippen LogP contribution in [0, 0.1) is 20.8 Å². The van der Waals surface area contributed by atoms with Gasteiger partial charge in [-0.1, -0.05) is 5.16 Å². The summed E-state index contributed by atoms with van der Waals surface area (Å²) >= 11 is 0. The highest BCUT2D eigenvalue weighted by molar-refractivity contribution is 5.61. The second-order valence-corrected chi connectivity index (χ2v) is 5.19. The van der Waals surface area contributed by atoms with E-state index in [2.05, 4.69) is 10.1 Å². The molecule has 1 atom stereocenters. The smallest absolute Gasteiger partial charge is 0.261 e. The zero-order valence-electron chi connectivity index (χ0n) is 12.6. The van der Waals surface area contributed by atoms with Crippen LogP contribution in [-0.4, -0.2) is 23.4 Å². The third-order valence-electron chi connectivity index (χ3n) is 3.32. The summed E-state index contributed by atoms with van der Waals surface area (Å²) in [6.07, 6.45) is 0. The Kier molecular flexibility index (Phi) is 3.96. The molecular formula is C14H21N3O3. The van der Waals surface area contributed by atoms with Crippen LogP contribution in [0.2, 0.25) is 0 Å². The van der Waals surface area contributed by atoms with Gasteiger partial charge in [-0.05, 0) is 34.6 Å². The maximum absolute atomic E-state index is 6.16. The summed E-state index contributed by atoms with van der Waals surface area (Å²) in [6.45, 7) is 10.4. The highest BCUT2D eigenvalue weighted by Gasteiger charge is 2.29. The summed E-state index contributed by atoms with van der Waals surface area (Å²) < 4.78 is 16.3. The van der Waals surface area contributed by atoms with Gasteiger partial charge in [0.15, 0.2) is 5.82 Å². The molecule has 0 bridgehead atoms. The highest BCUT2D eigenvalue weighted by Crippen LogP contribution is 2.31. The minimum atomic E-state index is -0.779. The first-order valence-corrected chi connectivity index (χ1v) is 6.64. The Balaban J connectivity index is 2.33. The molecule has 2 aromatic heterocycles. The number of hydrogen-bond acceptors (Lipinski definition) is 6. The van der Waals surface area contributed by atoms with Crippen LogP contribution >= 0.6 is 0 Å². The molecule has 0 radical (unpaired) electrons. The number of nitrogens with two attached hydrogens (primary N) is 1. The first-order valence-electron chi connectivity index (χ1n) is 6.64. The summed E-state index contributed by atoms with van der Waals surface area (Å²) in [5, 5.41) is 3.98. The average molecular weight is 279 g/mol. The second-order valence-electron chi connectivity index (χ2n) is 5.19. The number of aryl methyl sites for hydroxylation is 2. The van der Waals surface area contributed by atoms with Gasteiger partial charge in [0.2, 0.25) is 0 Å². The molecule has 0 aliphatic carbocycles. The topological polar surface area (TPSA) is 87.3 Å². The lowest BCUT2D eigenvalue weighted by atomic mass is 10.1. The van der Waals surface area contributed by atoms with Crippen molar-refractivity contribution in [1.82, 2.24) is 10.1 Å². The van der Waals surface area contributed by atoms with Gasteiger partial charge < -0.3 is 19.4 Å². The monoisotopic (exact) mass is 279 g/mol. The molecule has 0 amide bonds. The number of furan rings is 1. The first-order chi connectivity index (χ1) is 9.36. The third-order valence-corrected chi connectivity index (χ3v) is 3.32. The van der Waals surface area contributed by atoms with Crippen LogP contribution < -0.4 is 5.73 Å². The van der Waals surface area contributed by atoms with Crippen LogP contribution in [0.4, 0.5) is 0 Å². The predicted octanol–water partition coefficient (Wildman–Crippen LogP) is 2.47. The van der Waals surface area contributed by atoms with E-state index in [0.717, 1.165) is 22.6 Å². The first kappa shape index (κ1) is 14.7. The van der Waals surface area contributed by atoms with Crippen molar-refractivity contribution in [2.75, 3.05) is 13.2 Å². The molecule has 2 heterocycles. The number of ether oxygens (including phenoxy) is 1.